The number of amides is 2. The first kappa shape index (κ1) is 22.6. The van der Waals surface area contributed by atoms with Gasteiger partial charge in [0.2, 0.25) is 11.8 Å². The number of benzene rings is 2. The third-order valence-electron chi connectivity index (χ3n) is 7.47. The highest BCUT2D eigenvalue weighted by molar-refractivity contribution is 5.81. The van der Waals surface area contributed by atoms with Crippen LogP contribution in [0.25, 0.3) is 11.0 Å². The Hall–Kier alpha value is -3.15. The lowest BCUT2D eigenvalue weighted by atomic mass is 10.1. The van der Waals surface area contributed by atoms with Crippen molar-refractivity contribution in [3.05, 3.63) is 66.0 Å². The minimum absolute atomic E-state index is 0.0272. The molecule has 1 aromatic heterocycles. The van der Waals surface area contributed by atoms with Gasteiger partial charge in [0.15, 0.2) is 0 Å². The Bertz CT molecular complexity index is 1150. The summed E-state index contributed by atoms with van der Waals surface area (Å²) in [6, 6.07) is 18.3. The molecule has 2 aliphatic heterocycles. The third kappa shape index (κ3) is 4.59. The molecule has 2 atom stereocenters. The summed E-state index contributed by atoms with van der Waals surface area (Å²) in [5.41, 5.74) is 3.12. The number of nitrogens with zero attached hydrogens (tertiary/aromatic N) is 4. The molecule has 0 radical (unpaired) electrons. The van der Waals surface area contributed by atoms with Crippen molar-refractivity contribution in [1.29, 1.82) is 0 Å². The molecule has 0 N–H and O–H groups in total. The number of carbonyl (C=O) groups excluding carboxylic acids is 2. The Morgan fingerprint density at radius 3 is 2.47 bits per heavy atom. The topological polar surface area (TPSA) is 58.4 Å². The molecule has 2 unspecified atom stereocenters. The summed E-state index contributed by atoms with van der Waals surface area (Å²) in [6.45, 7) is 5.10. The molecule has 0 aliphatic carbocycles. The molecule has 34 heavy (non-hydrogen) atoms. The number of aryl methyl sites for hydroxylation is 1. The van der Waals surface area contributed by atoms with E-state index in [4.69, 9.17) is 4.98 Å². The normalized spacial score (nSPS) is 20.0. The van der Waals surface area contributed by atoms with Gasteiger partial charge in [-0.15, -0.1) is 0 Å². The zero-order valence-corrected chi connectivity index (χ0v) is 20.0. The van der Waals surface area contributed by atoms with Crippen LogP contribution in [0.4, 0.5) is 0 Å². The molecule has 0 spiro atoms. The summed E-state index contributed by atoms with van der Waals surface area (Å²) < 4.78 is 2.19. The largest absolute Gasteiger partial charge is 0.343 e. The van der Waals surface area contributed by atoms with Crippen LogP contribution in [0.3, 0.4) is 0 Å². The predicted molar refractivity (Wildman–Crippen MR) is 133 cm³/mol. The SMILES string of the molecule is CC(c1ccccc1)N1CC(c2nc3ccccc3n2CCC(=O)N2CCCCCC2)CC1=O. The van der Waals surface area contributed by atoms with Crippen molar-refractivity contribution >= 4 is 22.8 Å². The van der Waals surface area contributed by atoms with Crippen LogP contribution >= 0.6 is 0 Å². The highest BCUT2D eigenvalue weighted by atomic mass is 16.2. The smallest absolute Gasteiger partial charge is 0.224 e. The molecule has 0 saturated carbocycles. The average Bonchev–Trinajstić information content (AvgIpc) is 3.30. The molecule has 178 valence electrons. The van der Waals surface area contributed by atoms with Gasteiger partial charge < -0.3 is 14.4 Å². The fourth-order valence-corrected chi connectivity index (χ4v) is 5.52. The van der Waals surface area contributed by atoms with Crippen LogP contribution in [0.15, 0.2) is 54.6 Å². The van der Waals surface area contributed by atoms with Gasteiger partial charge in [0.1, 0.15) is 5.82 Å². The van der Waals surface area contributed by atoms with Crippen LogP contribution < -0.4 is 0 Å². The van der Waals surface area contributed by atoms with E-state index in [1.54, 1.807) is 0 Å². The number of rotatable bonds is 6. The van der Waals surface area contributed by atoms with Gasteiger partial charge in [-0.25, -0.2) is 4.98 Å². The second-order valence-electron chi connectivity index (χ2n) is 9.69. The molecule has 2 saturated heterocycles. The van der Waals surface area contributed by atoms with E-state index in [0.717, 1.165) is 48.4 Å². The molecule has 6 heteroatoms. The van der Waals surface area contributed by atoms with Crippen molar-refractivity contribution in [3.8, 4) is 0 Å². The second kappa shape index (κ2) is 10.00. The monoisotopic (exact) mass is 458 g/mol. The molecule has 3 aromatic rings. The molecule has 2 fully saturated rings. The Morgan fingerprint density at radius 1 is 1.00 bits per heavy atom. The van der Waals surface area contributed by atoms with Crippen LogP contribution in [0.5, 0.6) is 0 Å². The molecule has 3 heterocycles. The fourth-order valence-electron chi connectivity index (χ4n) is 5.52. The maximum atomic E-state index is 13.0. The van der Waals surface area contributed by atoms with E-state index in [1.165, 1.54) is 12.8 Å². The highest BCUT2D eigenvalue weighted by Gasteiger charge is 2.36. The maximum Gasteiger partial charge on any atom is 0.224 e. The van der Waals surface area contributed by atoms with Crippen LogP contribution in [-0.2, 0) is 16.1 Å². The summed E-state index contributed by atoms with van der Waals surface area (Å²) in [6.07, 6.45) is 5.56. The van der Waals surface area contributed by atoms with Crippen molar-refractivity contribution < 1.29 is 9.59 Å². The van der Waals surface area contributed by atoms with E-state index in [1.807, 2.05) is 46.2 Å². The van der Waals surface area contributed by atoms with Gasteiger partial charge in [-0.05, 0) is 37.5 Å². The van der Waals surface area contributed by atoms with Crippen LogP contribution in [0.1, 0.15) is 68.8 Å². The van der Waals surface area contributed by atoms with Crippen molar-refractivity contribution in [2.75, 3.05) is 19.6 Å². The third-order valence-corrected chi connectivity index (χ3v) is 7.47. The van der Waals surface area contributed by atoms with E-state index >= 15 is 0 Å². The highest BCUT2D eigenvalue weighted by Crippen LogP contribution is 2.35. The number of aromatic nitrogens is 2. The van der Waals surface area contributed by atoms with Crippen molar-refractivity contribution in [1.82, 2.24) is 19.4 Å². The number of carbonyl (C=O) groups is 2. The molecule has 0 bridgehead atoms. The quantitative estimate of drug-likeness (QED) is 0.528. The molecular formula is C28H34N4O2. The lowest BCUT2D eigenvalue weighted by Crippen LogP contribution is -2.32. The van der Waals surface area contributed by atoms with Gasteiger partial charge in [0.25, 0.3) is 0 Å². The summed E-state index contributed by atoms with van der Waals surface area (Å²) in [5.74, 6) is 1.35. The summed E-state index contributed by atoms with van der Waals surface area (Å²) in [4.78, 5) is 35.0. The molecule has 5 rings (SSSR count). The fraction of sp³-hybridized carbons (Fsp3) is 0.464. The minimum atomic E-state index is 0.0272. The standard InChI is InChI=1S/C28H34N4O2/c1-21(22-11-5-4-6-12-22)32-20-23(19-27(32)34)28-29-24-13-7-8-14-25(24)31(28)18-15-26(33)30-16-9-2-3-10-17-30/h4-8,11-14,21,23H,2-3,9-10,15-20H2,1H3. The number of para-hydroxylation sites is 2. The van der Waals surface area contributed by atoms with Gasteiger partial charge in [-0.1, -0.05) is 55.3 Å². The Labute approximate surface area is 201 Å². The Kier molecular flexibility index (Phi) is 6.66. The summed E-state index contributed by atoms with van der Waals surface area (Å²) >= 11 is 0. The van der Waals surface area contributed by atoms with Gasteiger partial charge in [0.05, 0.1) is 17.1 Å². The number of likely N-dealkylation sites (tertiary alicyclic amines) is 2. The first-order valence-corrected chi connectivity index (χ1v) is 12.7. The van der Waals surface area contributed by atoms with E-state index in [0.29, 0.717) is 25.9 Å². The number of fused-ring (bicyclic) bond motifs is 1. The van der Waals surface area contributed by atoms with E-state index in [2.05, 4.69) is 29.7 Å². The Morgan fingerprint density at radius 2 is 1.71 bits per heavy atom. The minimum Gasteiger partial charge on any atom is -0.343 e. The van der Waals surface area contributed by atoms with Gasteiger partial charge >= 0.3 is 0 Å². The zero-order valence-electron chi connectivity index (χ0n) is 20.0. The van der Waals surface area contributed by atoms with Crippen LogP contribution in [-0.4, -0.2) is 50.8 Å². The van der Waals surface area contributed by atoms with Crippen molar-refractivity contribution in [3.63, 3.8) is 0 Å². The zero-order chi connectivity index (χ0) is 23.5. The van der Waals surface area contributed by atoms with E-state index < -0.39 is 0 Å². The summed E-state index contributed by atoms with van der Waals surface area (Å²) in [5, 5.41) is 0. The second-order valence-corrected chi connectivity index (χ2v) is 9.69. The number of imidazole rings is 1. The van der Waals surface area contributed by atoms with Crippen molar-refractivity contribution in [2.45, 2.75) is 64.0 Å². The maximum absolute atomic E-state index is 13.0. The van der Waals surface area contributed by atoms with E-state index in [-0.39, 0.29) is 23.8 Å². The van der Waals surface area contributed by atoms with E-state index in [9.17, 15) is 9.59 Å². The first-order valence-electron chi connectivity index (χ1n) is 12.7. The van der Waals surface area contributed by atoms with Crippen LogP contribution in [0.2, 0.25) is 0 Å². The number of hydrogen-bond acceptors (Lipinski definition) is 3. The molecular weight excluding hydrogens is 424 g/mol. The molecule has 6 nitrogen and oxygen atoms in total. The lowest BCUT2D eigenvalue weighted by molar-refractivity contribution is -0.131. The average molecular weight is 459 g/mol. The lowest BCUT2D eigenvalue weighted by Gasteiger charge is -2.25. The molecule has 2 aromatic carbocycles. The predicted octanol–water partition coefficient (Wildman–Crippen LogP) is 4.91. The first-order chi connectivity index (χ1) is 16.6. The molecule has 2 aliphatic rings. The summed E-state index contributed by atoms with van der Waals surface area (Å²) in [7, 11) is 0. The van der Waals surface area contributed by atoms with Gasteiger partial charge in [-0.3, -0.25) is 9.59 Å². The van der Waals surface area contributed by atoms with Gasteiger partial charge in [0, 0.05) is 44.9 Å². The van der Waals surface area contributed by atoms with Crippen LogP contribution in [0, 0.1) is 0 Å². The molecule has 2 amide bonds. The number of hydrogen-bond donors (Lipinski definition) is 0. The Balaban J connectivity index is 1.37. The van der Waals surface area contributed by atoms with Crippen molar-refractivity contribution in [2.24, 2.45) is 0 Å². The van der Waals surface area contributed by atoms with Gasteiger partial charge in [-0.2, -0.15) is 0 Å².